The maximum absolute atomic E-state index is 12.6. The summed E-state index contributed by atoms with van der Waals surface area (Å²) in [5.41, 5.74) is 0. The topological polar surface area (TPSA) is 99.6 Å². The molecule has 3 aromatic heterocycles. The van der Waals surface area contributed by atoms with Crippen LogP contribution in [0.5, 0.6) is 0 Å². The second kappa shape index (κ2) is 7.68. The fourth-order valence-corrected chi connectivity index (χ4v) is 3.54. The zero-order valence-electron chi connectivity index (χ0n) is 15.3. The monoisotopic (exact) mass is 369 g/mol. The van der Waals surface area contributed by atoms with Crippen molar-refractivity contribution in [2.24, 2.45) is 7.05 Å². The summed E-state index contributed by atoms with van der Waals surface area (Å²) in [6.07, 6.45) is 9.19. The van der Waals surface area contributed by atoms with Crippen molar-refractivity contribution in [3.05, 3.63) is 42.8 Å². The summed E-state index contributed by atoms with van der Waals surface area (Å²) in [5.74, 6) is 2.15. The number of piperidine rings is 1. The van der Waals surface area contributed by atoms with Crippen LogP contribution in [0.2, 0.25) is 0 Å². The first kappa shape index (κ1) is 17.4. The van der Waals surface area contributed by atoms with E-state index in [1.807, 2.05) is 33.5 Å². The van der Waals surface area contributed by atoms with Crippen molar-refractivity contribution in [2.45, 2.75) is 38.3 Å². The van der Waals surface area contributed by atoms with Gasteiger partial charge in [0.2, 0.25) is 5.91 Å². The van der Waals surface area contributed by atoms with Gasteiger partial charge in [-0.05, 0) is 18.9 Å². The summed E-state index contributed by atoms with van der Waals surface area (Å²) in [6.45, 7) is 2.62. The Hall–Kier alpha value is -3.04. The number of hydrogen-bond donors (Lipinski definition) is 0. The number of amides is 1. The van der Waals surface area contributed by atoms with Crippen LogP contribution in [0.4, 0.5) is 0 Å². The van der Waals surface area contributed by atoms with E-state index >= 15 is 0 Å². The number of nitrogens with zero attached hydrogens (tertiary/aromatic N) is 9. The average molecular weight is 369 g/mol. The molecule has 0 bridgehead atoms. The highest BCUT2D eigenvalue weighted by molar-refractivity contribution is 5.76. The third-order valence-electron chi connectivity index (χ3n) is 5.02. The fraction of sp³-hybridized carbons (Fsp3) is 0.529. The highest BCUT2D eigenvalue weighted by atomic mass is 16.2. The Balaban J connectivity index is 1.39. The summed E-state index contributed by atoms with van der Waals surface area (Å²) in [7, 11) is 1.99. The van der Waals surface area contributed by atoms with Crippen molar-refractivity contribution in [1.82, 2.24) is 44.2 Å². The van der Waals surface area contributed by atoms with Gasteiger partial charge in [-0.25, -0.2) is 4.98 Å². The van der Waals surface area contributed by atoms with E-state index in [1.165, 1.54) is 6.33 Å². The Morgan fingerprint density at radius 2 is 2.19 bits per heavy atom. The van der Waals surface area contributed by atoms with Gasteiger partial charge < -0.3 is 9.47 Å². The third kappa shape index (κ3) is 3.88. The first-order valence-corrected chi connectivity index (χ1v) is 9.16. The van der Waals surface area contributed by atoms with Gasteiger partial charge in [0.25, 0.3) is 0 Å². The molecule has 0 N–H and O–H groups in total. The van der Waals surface area contributed by atoms with E-state index in [-0.39, 0.29) is 11.8 Å². The first-order valence-electron chi connectivity index (χ1n) is 9.16. The van der Waals surface area contributed by atoms with Crippen LogP contribution in [0.1, 0.15) is 36.8 Å². The second-order valence-electron chi connectivity index (χ2n) is 6.82. The molecule has 10 nitrogen and oxygen atoms in total. The number of aryl methyl sites for hydroxylation is 1. The number of hydrogen-bond acceptors (Lipinski definition) is 6. The molecular weight excluding hydrogens is 346 g/mol. The van der Waals surface area contributed by atoms with Gasteiger partial charge in [0.1, 0.15) is 25.0 Å². The van der Waals surface area contributed by atoms with E-state index in [9.17, 15) is 4.79 Å². The quantitative estimate of drug-likeness (QED) is 0.625. The van der Waals surface area contributed by atoms with Crippen molar-refractivity contribution in [1.29, 1.82) is 0 Å². The standard InChI is InChI=1S/C17H23N9O/c1-23-15(11-25-8-3-6-19-25)21-22-17(23)14-4-2-7-24(10-14)16(27)5-9-26-13-18-12-20-26/h3,6,8,12-14H,2,4-5,7,9-11H2,1H3. The van der Waals surface area contributed by atoms with Gasteiger partial charge in [-0.3, -0.25) is 14.2 Å². The second-order valence-corrected chi connectivity index (χ2v) is 6.82. The average Bonchev–Trinajstić information content (AvgIpc) is 3.44. The van der Waals surface area contributed by atoms with Crippen LogP contribution in [0.25, 0.3) is 0 Å². The van der Waals surface area contributed by atoms with Crippen molar-refractivity contribution < 1.29 is 4.79 Å². The molecule has 27 heavy (non-hydrogen) atoms. The van der Waals surface area contributed by atoms with Crippen LogP contribution >= 0.6 is 0 Å². The fourth-order valence-electron chi connectivity index (χ4n) is 3.54. The Morgan fingerprint density at radius 3 is 2.96 bits per heavy atom. The maximum Gasteiger partial charge on any atom is 0.224 e. The molecule has 3 aromatic rings. The highest BCUT2D eigenvalue weighted by Gasteiger charge is 2.28. The van der Waals surface area contributed by atoms with Gasteiger partial charge in [-0.2, -0.15) is 10.2 Å². The molecule has 4 heterocycles. The maximum atomic E-state index is 12.6. The van der Waals surface area contributed by atoms with Gasteiger partial charge in [-0.1, -0.05) is 0 Å². The molecule has 1 aliphatic rings. The molecule has 1 fully saturated rings. The molecule has 1 saturated heterocycles. The predicted molar refractivity (Wildman–Crippen MR) is 95.5 cm³/mol. The third-order valence-corrected chi connectivity index (χ3v) is 5.02. The van der Waals surface area contributed by atoms with Crippen molar-refractivity contribution in [3.8, 4) is 0 Å². The predicted octanol–water partition coefficient (Wildman–Crippen LogP) is 0.448. The molecule has 4 rings (SSSR count). The molecule has 1 amide bonds. The molecule has 1 unspecified atom stereocenters. The van der Waals surface area contributed by atoms with Crippen LogP contribution in [0.15, 0.2) is 31.1 Å². The molecule has 142 valence electrons. The largest absolute Gasteiger partial charge is 0.342 e. The van der Waals surface area contributed by atoms with Crippen LogP contribution in [0.3, 0.4) is 0 Å². The van der Waals surface area contributed by atoms with E-state index in [1.54, 1.807) is 17.2 Å². The minimum atomic E-state index is 0.147. The van der Waals surface area contributed by atoms with Crippen molar-refractivity contribution in [2.75, 3.05) is 13.1 Å². The van der Waals surface area contributed by atoms with E-state index in [4.69, 9.17) is 0 Å². The zero-order chi connectivity index (χ0) is 18.6. The van der Waals surface area contributed by atoms with Crippen LogP contribution in [-0.4, -0.2) is 63.2 Å². The number of rotatable bonds is 6. The highest BCUT2D eigenvalue weighted by Crippen LogP contribution is 2.26. The lowest BCUT2D eigenvalue weighted by molar-refractivity contribution is -0.132. The summed E-state index contributed by atoms with van der Waals surface area (Å²) in [5, 5.41) is 17.0. The number of aromatic nitrogens is 8. The first-order chi connectivity index (χ1) is 13.2. The van der Waals surface area contributed by atoms with Gasteiger partial charge in [0.15, 0.2) is 5.82 Å². The Morgan fingerprint density at radius 1 is 1.26 bits per heavy atom. The van der Waals surface area contributed by atoms with Crippen molar-refractivity contribution >= 4 is 5.91 Å². The van der Waals surface area contributed by atoms with Crippen LogP contribution < -0.4 is 0 Å². The Bertz CT molecular complexity index is 869. The van der Waals surface area contributed by atoms with E-state index in [0.717, 1.165) is 31.0 Å². The minimum absolute atomic E-state index is 0.147. The van der Waals surface area contributed by atoms with E-state index in [0.29, 0.717) is 26.1 Å². The number of likely N-dealkylation sites (tertiary alicyclic amines) is 1. The zero-order valence-corrected chi connectivity index (χ0v) is 15.3. The SMILES string of the molecule is Cn1c(Cn2cccn2)nnc1C1CCCN(C(=O)CCn2cncn2)C1. The molecule has 0 radical (unpaired) electrons. The number of carbonyl (C=O) groups is 1. The molecular formula is C17H23N9O. The summed E-state index contributed by atoms with van der Waals surface area (Å²) in [6, 6.07) is 1.89. The van der Waals surface area contributed by atoms with Gasteiger partial charge in [0, 0.05) is 44.9 Å². The van der Waals surface area contributed by atoms with Crippen LogP contribution in [0, 0.1) is 0 Å². The summed E-state index contributed by atoms with van der Waals surface area (Å²) >= 11 is 0. The normalized spacial score (nSPS) is 17.4. The molecule has 0 spiro atoms. The number of carbonyl (C=O) groups excluding carboxylic acids is 1. The van der Waals surface area contributed by atoms with E-state index < -0.39 is 0 Å². The van der Waals surface area contributed by atoms with Gasteiger partial charge >= 0.3 is 0 Å². The molecule has 1 atom stereocenters. The lowest BCUT2D eigenvalue weighted by Gasteiger charge is -2.32. The molecule has 0 aromatic carbocycles. The minimum Gasteiger partial charge on any atom is -0.342 e. The van der Waals surface area contributed by atoms with E-state index in [2.05, 4.69) is 25.4 Å². The summed E-state index contributed by atoms with van der Waals surface area (Å²) < 4.78 is 5.55. The lowest BCUT2D eigenvalue weighted by atomic mass is 9.97. The van der Waals surface area contributed by atoms with Gasteiger partial charge in [0.05, 0.1) is 6.54 Å². The molecule has 0 aliphatic carbocycles. The smallest absolute Gasteiger partial charge is 0.224 e. The summed E-state index contributed by atoms with van der Waals surface area (Å²) in [4.78, 5) is 18.4. The molecule has 0 saturated carbocycles. The molecule has 10 heteroatoms. The Labute approximate surface area is 156 Å². The molecule has 1 aliphatic heterocycles. The lowest BCUT2D eigenvalue weighted by Crippen LogP contribution is -2.40. The van der Waals surface area contributed by atoms with Crippen LogP contribution in [-0.2, 0) is 24.9 Å². The van der Waals surface area contributed by atoms with Crippen molar-refractivity contribution in [3.63, 3.8) is 0 Å². The Kier molecular flexibility index (Phi) is 4.95. The van der Waals surface area contributed by atoms with Gasteiger partial charge in [-0.15, -0.1) is 10.2 Å².